The zero-order valence-electron chi connectivity index (χ0n) is 19.1. The van der Waals surface area contributed by atoms with Crippen molar-refractivity contribution in [3.63, 3.8) is 0 Å². The van der Waals surface area contributed by atoms with Gasteiger partial charge in [0.25, 0.3) is 0 Å². The average Bonchev–Trinajstić information content (AvgIpc) is 2.92. The van der Waals surface area contributed by atoms with Gasteiger partial charge in [-0.25, -0.2) is 0 Å². The van der Waals surface area contributed by atoms with E-state index in [-0.39, 0.29) is 12.5 Å². The van der Waals surface area contributed by atoms with Gasteiger partial charge in [-0.15, -0.1) is 0 Å². The number of benzene rings is 2. The molecule has 0 bridgehead atoms. The van der Waals surface area contributed by atoms with Crippen LogP contribution in [0.1, 0.15) is 62.3 Å². The van der Waals surface area contributed by atoms with Gasteiger partial charge in [-0.2, -0.15) is 0 Å². The van der Waals surface area contributed by atoms with Gasteiger partial charge in [-0.3, -0.25) is 4.79 Å². The highest BCUT2D eigenvalue weighted by Gasteiger charge is 2.32. The first kappa shape index (κ1) is 23.3. The third-order valence-electron chi connectivity index (χ3n) is 6.48. The molecule has 0 aromatic heterocycles. The third-order valence-corrected chi connectivity index (χ3v) is 6.48. The van der Waals surface area contributed by atoms with E-state index in [4.69, 9.17) is 4.74 Å². The van der Waals surface area contributed by atoms with Crippen LogP contribution in [0.15, 0.2) is 42.5 Å². The summed E-state index contributed by atoms with van der Waals surface area (Å²) in [6.07, 6.45) is 0.936. The van der Waals surface area contributed by atoms with Crippen LogP contribution in [0.2, 0.25) is 0 Å². The lowest BCUT2D eigenvalue weighted by Gasteiger charge is -2.31. The second-order valence-electron chi connectivity index (χ2n) is 9.32. The van der Waals surface area contributed by atoms with Crippen molar-refractivity contribution in [3.05, 3.63) is 64.7 Å². The standard InChI is InChI=1S/C26H35NO4/c1-5-27(17-26(3,4)25(29)30)13-12-18(2)24-21-9-7-6-8-20(21)16-31-23-11-10-19(15-28)14-22(23)24/h6-11,14,18,24,28H,5,12-13,15-17H2,1-4H3,(H,29,30). The predicted molar refractivity (Wildman–Crippen MR) is 122 cm³/mol. The fourth-order valence-electron chi connectivity index (χ4n) is 4.50. The van der Waals surface area contributed by atoms with Gasteiger partial charge < -0.3 is 19.8 Å². The maximum Gasteiger partial charge on any atom is 0.310 e. The molecule has 1 aliphatic rings. The molecule has 2 aromatic rings. The molecule has 31 heavy (non-hydrogen) atoms. The smallest absolute Gasteiger partial charge is 0.310 e. The summed E-state index contributed by atoms with van der Waals surface area (Å²) in [5, 5.41) is 19.2. The lowest BCUT2D eigenvalue weighted by Crippen LogP contribution is -2.40. The molecule has 5 nitrogen and oxygen atoms in total. The van der Waals surface area contributed by atoms with Crippen LogP contribution >= 0.6 is 0 Å². The van der Waals surface area contributed by atoms with Gasteiger partial charge in [-0.1, -0.05) is 44.2 Å². The molecule has 2 aromatic carbocycles. The van der Waals surface area contributed by atoms with Gasteiger partial charge >= 0.3 is 5.97 Å². The van der Waals surface area contributed by atoms with Crippen LogP contribution in [0, 0.1) is 11.3 Å². The van der Waals surface area contributed by atoms with E-state index in [2.05, 4.69) is 43.0 Å². The van der Waals surface area contributed by atoms with Crippen LogP contribution in [0.25, 0.3) is 0 Å². The summed E-state index contributed by atoms with van der Waals surface area (Å²) in [5.74, 6) is 0.591. The molecule has 5 heteroatoms. The molecule has 1 aliphatic heterocycles. The second-order valence-corrected chi connectivity index (χ2v) is 9.32. The molecule has 2 atom stereocenters. The Morgan fingerprint density at radius 1 is 1.23 bits per heavy atom. The van der Waals surface area contributed by atoms with Crippen molar-refractivity contribution in [3.8, 4) is 5.75 Å². The lowest BCUT2D eigenvalue weighted by molar-refractivity contribution is -0.148. The highest BCUT2D eigenvalue weighted by Crippen LogP contribution is 2.43. The minimum atomic E-state index is -0.773. The summed E-state index contributed by atoms with van der Waals surface area (Å²) in [6, 6.07) is 14.4. The van der Waals surface area contributed by atoms with Crippen molar-refractivity contribution in [2.24, 2.45) is 11.3 Å². The van der Waals surface area contributed by atoms with Gasteiger partial charge in [0, 0.05) is 18.0 Å². The van der Waals surface area contributed by atoms with E-state index >= 15 is 0 Å². The van der Waals surface area contributed by atoms with Gasteiger partial charge in [0.2, 0.25) is 0 Å². The van der Waals surface area contributed by atoms with Crippen molar-refractivity contribution in [2.45, 2.75) is 53.2 Å². The lowest BCUT2D eigenvalue weighted by atomic mass is 9.78. The summed E-state index contributed by atoms with van der Waals surface area (Å²) in [7, 11) is 0. The van der Waals surface area contributed by atoms with E-state index in [0.29, 0.717) is 19.1 Å². The summed E-state index contributed by atoms with van der Waals surface area (Å²) in [5.41, 5.74) is 3.71. The normalized spacial score (nSPS) is 16.8. The van der Waals surface area contributed by atoms with Crippen molar-refractivity contribution in [1.29, 1.82) is 0 Å². The molecule has 1 heterocycles. The largest absolute Gasteiger partial charge is 0.489 e. The molecular formula is C26H35NO4. The van der Waals surface area contributed by atoms with Gasteiger partial charge in [0.1, 0.15) is 12.4 Å². The molecule has 0 fully saturated rings. The van der Waals surface area contributed by atoms with E-state index in [1.165, 1.54) is 11.1 Å². The Balaban J connectivity index is 1.87. The number of hydrogen-bond acceptors (Lipinski definition) is 4. The SMILES string of the molecule is CCN(CCC(C)C1c2ccccc2COc2ccc(CO)cc21)CC(C)(C)C(=O)O. The number of aliphatic hydroxyl groups is 1. The maximum absolute atomic E-state index is 11.6. The monoisotopic (exact) mass is 425 g/mol. The highest BCUT2D eigenvalue weighted by atomic mass is 16.5. The average molecular weight is 426 g/mol. The second kappa shape index (κ2) is 9.84. The van der Waals surface area contributed by atoms with E-state index in [1.807, 2.05) is 18.2 Å². The highest BCUT2D eigenvalue weighted by molar-refractivity contribution is 5.73. The molecule has 0 saturated heterocycles. The van der Waals surface area contributed by atoms with Gasteiger partial charge in [0.15, 0.2) is 0 Å². The predicted octanol–water partition coefficient (Wildman–Crippen LogP) is 4.66. The summed E-state index contributed by atoms with van der Waals surface area (Å²) >= 11 is 0. The van der Waals surface area contributed by atoms with Crippen LogP contribution in [0.3, 0.4) is 0 Å². The zero-order valence-corrected chi connectivity index (χ0v) is 19.1. The Labute approximate surface area is 185 Å². The molecule has 0 spiro atoms. The number of carboxylic acid groups (broad SMARTS) is 1. The van der Waals surface area contributed by atoms with E-state index in [1.54, 1.807) is 13.8 Å². The molecule has 0 radical (unpaired) electrons. The number of carboxylic acids is 1. The number of hydrogen-bond donors (Lipinski definition) is 2. The molecule has 0 saturated carbocycles. The minimum absolute atomic E-state index is 0.00388. The molecule has 168 valence electrons. The molecule has 2 N–H and O–H groups in total. The number of aliphatic carboxylic acids is 1. The van der Waals surface area contributed by atoms with Crippen LogP contribution in [0.5, 0.6) is 5.75 Å². The summed E-state index contributed by atoms with van der Waals surface area (Å²) < 4.78 is 6.14. The van der Waals surface area contributed by atoms with Crippen LogP contribution in [-0.4, -0.2) is 40.7 Å². The first-order valence-corrected chi connectivity index (χ1v) is 11.2. The fraction of sp³-hybridized carbons (Fsp3) is 0.500. The zero-order chi connectivity index (χ0) is 22.6. The van der Waals surface area contributed by atoms with Crippen LogP contribution in [-0.2, 0) is 18.0 Å². The van der Waals surface area contributed by atoms with Gasteiger partial charge in [-0.05, 0) is 68.1 Å². The number of fused-ring (bicyclic) bond motifs is 2. The Morgan fingerprint density at radius 3 is 2.65 bits per heavy atom. The van der Waals surface area contributed by atoms with Crippen molar-refractivity contribution >= 4 is 5.97 Å². The van der Waals surface area contributed by atoms with Crippen molar-refractivity contribution in [2.75, 3.05) is 19.6 Å². The molecule has 2 unspecified atom stereocenters. The Kier molecular flexibility index (Phi) is 7.39. The minimum Gasteiger partial charge on any atom is -0.489 e. The third kappa shape index (κ3) is 5.28. The van der Waals surface area contributed by atoms with Crippen molar-refractivity contribution in [1.82, 2.24) is 4.90 Å². The van der Waals surface area contributed by atoms with Crippen LogP contribution < -0.4 is 4.74 Å². The Morgan fingerprint density at radius 2 is 1.97 bits per heavy atom. The molecule has 0 aliphatic carbocycles. The van der Waals surface area contributed by atoms with Crippen LogP contribution in [0.4, 0.5) is 0 Å². The van der Waals surface area contributed by atoms with E-state index in [9.17, 15) is 15.0 Å². The first-order valence-electron chi connectivity index (χ1n) is 11.2. The number of ether oxygens (including phenoxy) is 1. The summed E-state index contributed by atoms with van der Waals surface area (Å²) in [4.78, 5) is 13.8. The number of rotatable bonds is 9. The number of nitrogens with zero attached hydrogens (tertiary/aromatic N) is 1. The summed E-state index contributed by atoms with van der Waals surface area (Å²) in [6.45, 7) is 10.6. The molecule has 0 amide bonds. The molecular weight excluding hydrogens is 390 g/mol. The molecule has 3 rings (SSSR count). The topological polar surface area (TPSA) is 70.0 Å². The first-order chi connectivity index (χ1) is 14.8. The maximum atomic E-state index is 11.6. The Bertz CT molecular complexity index is 908. The van der Waals surface area contributed by atoms with Gasteiger partial charge in [0.05, 0.1) is 12.0 Å². The number of aliphatic hydroxyl groups excluding tert-OH is 1. The fourth-order valence-corrected chi connectivity index (χ4v) is 4.50. The van der Waals surface area contributed by atoms with E-state index < -0.39 is 11.4 Å². The van der Waals surface area contributed by atoms with Crippen molar-refractivity contribution < 1.29 is 19.7 Å². The van der Waals surface area contributed by atoms with E-state index in [0.717, 1.165) is 36.4 Å². The quantitative estimate of drug-likeness (QED) is 0.611. The Hall–Kier alpha value is -2.37. The number of carbonyl (C=O) groups is 1.